The topological polar surface area (TPSA) is 9.23 Å². The second-order valence-corrected chi connectivity index (χ2v) is 12.0. The molecule has 2 saturated carbocycles. The summed E-state index contributed by atoms with van der Waals surface area (Å²) < 4.78 is 34.9. The van der Waals surface area contributed by atoms with Crippen LogP contribution in [0.15, 0.2) is 30.3 Å². The Hall–Kier alpha value is -1.90. The predicted molar refractivity (Wildman–Crippen MR) is 144 cm³/mol. The molecule has 0 aromatic heterocycles. The van der Waals surface area contributed by atoms with E-state index < -0.39 is 11.6 Å². The summed E-state index contributed by atoms with van der Waals surface area (Å²) in [5, 5.41) is 0. The lowest BCUT2D eigenvalue weighted by Crippen LogP contribution is -2.25. The summed E-state index contributed by atoms with van der Waals surface area (Å²) in [5.41, 5.74) is 3.93. The quantitative estimate of drug-likeness (QED) is 0.372. The molecule has 0 saturated heterocycles. The molecule has 1 unspecified atom stereocenters. The summed E-state index contributed by atoms with van der Waals surface area (Å²) in [7, 11) is 0. The Balaban J connectivity index is 1.12. The Labute approximate surface area is 217 Å². The lowest BCUT2D eigenvalue weighted by atomic mass is 9.68. The summed E-state index contributed by atoms with van der Waals surface area (Å²) in [6, 6.07) is 10.8. The zero-order valence-corrected chi connectivity index (χ0v) is 22.3. The van der Waals surface area contributed by atoms with Gasteiger partial charge in [-0.25, -0.2) is 4.39 Å². The van der Waals surface area contributed by atoms with Crippen LogP contribution in [0.4, 0.5) is 8.78 Å². The first-order valence-electron chi connectivity index (χ1n) is 14.8. The SMILES string of the molecule is CCCC1CCC(C2CCC(c3ccc(CCc4cc5c(c(F)c4F)OC(C)CC5)cc3)CC2)CC1. The fourth-order valence-corrected chi connectivity index (χ4v) is 7.35. The van der Waals surface area contributed by atoms with Gasteiger partial charge >= 0.3 is 0 Å². The van der Waals surface area contributed by atoms with Gasteiger partial charge in [-0.1, -0.05) is 56.9 Å². The molecule has 0 radical (unpaired) electrons. The van der Waals surface area contributed by atoms with Crippen LogP contribution in [-0.4, -0.2) is 6.10 Å². The van der Waals surface area contributed by atoms with Crippen molar-refractivity contribution in [2.75, 3.05) is 0 Å². The number of hydrogen-bond donors (Lipinski definition) is 0. The Morgan fingerprint density at radius 1 is 0.806 bits per heavy atom. The molecule has 196 valence electrons. The van der Waals surface area contributed by atoms with Gasteiger partial charge in [0.25, 0.3) is 0 Å². The summed E-state index contributed by atoms with van der Waals surface area (Å²) in [5.74, 6) is 2.18. The maximum absolute atomic E-state index is 14.7. The van der Waals surface area contributed by atoms with Crippen molar-refractivity contribution in [3.05, 3.63) is 64.2 Å². The second-order valence-electron chi connectivity index (χ2n) is 12.0. The van der Waals surface area contributed by atoms with Crippen LogP contribution >= 0.6 is 0 Å². The van der Waals surface area contributed by atoms with Crippen LogP contribution in [0.1, 0.15) is 113 Å². The van der Waals surface area contributed by atoms with E-state index in [9.17, 15) is 8.78 Å². The van der Waals surface area contributed by atoms with E-state index in [1.165, 1.54) is 75.3 Å². The van der Waals surface area contributed by atoms with E-state index in [0.717, 1.165) is 42.6 Å². The van der Waals surface area contributed by atoms with Crippen LogP contribution < -0.4 is 4.74 Å². The van der Waals surface area contributed by atoms with E-state index >= 15 is 0 Å². The van der Waals surface area contributed by atoms with Gasteiger partial charge in [-0.3, -0.25) is 0 Å². The fraction of sp³-hybridized carbons (Fsp3) is 0.636. The third-order valence-corrected chi connectivity index (χ3v) is 9.61. The minimum absolute atomic E-state index is 0.0589. The van der Waals surface area contributed by atoms with Gasteiger partial charge in [-0.15, -0.1) is 0 Å². The van der Waals surface area contributed by atoms with E-state index in [1.54, 1.807) is 0 Å². The number of aryl methyl sites for hydroxylation is 3. The first-order valence-corrected chi connectivity index (χ1v) is 14.8. The van der Waals surface area contributed by atoms with Crippen molar-refractivity contribution >= 4 is 0 Å². The third-order valence-electron chi connectivity index (χ3n) is 9.61. The number of hydrogen-bond acceptors (Lipinski definition) is 1. The molecule has 0 bridgehead atoms. The molecule has 2 aliphatic carbocycles. The Kier molecular flexibility index (Phi) is 8.33. The molecule has 0 N–H and O–H groups in total. The molecular formula is C33H44F2O. The smallest absolute Gasteiger partial charge is 0.201 e. The number of halogens is 2. The van der Waals surface area contributed by atoms with E-state index in [1.807, 2.05) is 13.0 Å². The highest BCUT2D eigenvalue weighted by Gasteiger charge is 2.31. The molecule has 2 aromatic carbocycles. The Morgan fingerprint density at radius 3 is 2.14 bits per heavy atom. The minimum Gasteiger partial charge on any atom is -0.487 e. The third kappa shape index (κ3) is 5.81. The zero-order chi connectivity index (χ0) is 25.1. The molecule has 5 rings (SSSR count). The molecule has 3 aliphatic rings. The average molecular weight is 495 g/mol. The second kappa shape index (κ2) is 11.7. The summed E-state index contributed by atoms with van der Waals surface area (Å²) in [6.45, 7) is 4.23. The first-order chi connectivity index (χ1) is 17.5. The number of rotatable bonds is 7. The molecule has 1 nitrogen and oxygen atoms in total. The highest BCUT2D eigenvalue weighted by Crippen LogP contribution is 2.44. The van der Waals surface area contributed by atoms with Gasteiger partial charge in [0.1, 0.15) is 0 Å². The molecule has 1 atom stereocenters. The van der Waals surface area contributed by atoms with Crippen LogP contribution in [0.2, 0.25) is 0 Å². The van der Waals surface area contributed by atoms with Gasteiger partial charge in [0, 0.05) is 0 Å². The van der Waals surface area contributed by atoms with E-state index in [0.29, 0.717) is 17.9 Å². The van der Waals surface area contributed by atoms with Crippen LogP contribution in [0.5, 0.6) is 5.75 Å². The van der Waals surface area contributed by atoms with Crippen LogP contribution in [-0.2, 0) is 19.3 Å². The van der Waals surface area contributed by atoms with Crippen molar-refractivity contribution in [2.45, 2.75) is 116 Å². The normalized spacial score (nSPS) is 28.4. The van der Waals surface area contributed by atoms with E-state index in [-0.39, 0.29) is 11.9 Å². The average Bonchev–Trinajstić information content (AvgIpc) is 2.91. The van der Waals surface area contributed by atoms with E-state index in [4.69, 9.17) is 4.74 Å². The van der Waals surface area contributed by atoms with Crippen molar-refractivity contribution in [2.24, 2.45) is 17.8 Å². The molecule has 3 heteroatoms. The van der Waals surface area contributed by atoms with Gasteiger partial charge in [0.05, 0.1) is 6.10 Å². The summed E-state index contributed by atoms with van der Waals surface area (Å²) in [6.07, 6.45) is 16.8. The zero-order valence-electron chi connectivity index (χ0n) is 22.3. The maximum atomic E-state index is 14.7. The molecule has 36 heavy (non-hydrogen) atoms. The fourth-order valence-electron chi connectivity index (χ4n) is 7.35. The largest absolute Gasteiger partial charge is 0.487 e. The number of benzene rings is 2. The summed E-state index contributed by atoms with van der Waals surface area (Å²) in [4.78, 5) is 0. The van der Waals surface area contributed by atoms with Crippen molar-refractivity contribution in [1.29, 1.82) is 0 Å². The van der Waals surface area contributed by atoms with Crippen molar-refractivity contribution in [3.63, 3.8) is 0 Å². The standard InChI is InChI=1S/C33H44F2O/c1-3-4-23-6-12-25(13-7-23)27-17-19-28(20-18-27)26-14-8-24(9-15-26)10-16-29-21-30-11-5-22(2)36-33(30)32(35)31(29)34/h8-9,14-15,21-23,25,27-28H,3-7,10-13,16-20H2,1-2H3. The Morgan fingerprint density at radius 2 is 1.47 bits per heavy atom. The number of ether oxygens (including phenoxy) is 1. The van der Waals surface area contributed by atoms with Gasteiger partial charge < -0.3 is 4.74 Å². The van der Waals surface area contributed by atoms with Gasteiger partial charge in [-0.05, 0) is 123 Å². The molecule has 2 fully saturated rings. The van der Waals surface area contributed by atoms with Gasteiger partial charge in [-0.2, -0.15) is 4.39 Å². The van der Waals surface area contributed by atoms with Crippen molar-refractivity contribution < 1.29 is 13.5 Å². The van der Waals surface area contributed by atoms with Gasteiger partial charge in [0.2, 0.25) is 5.82 Å². The van der Waals surface area contributed by atoms with Crippen LogP contribution in [0.3, 0.4) is 0 Å². The van der Waals surface area contributed by atoms with Crippen molar-refractivity contribution in [1.82, 2.24) is 0 Å². The van der Waals surface area contributed by atoms with E-state index in [2.05, 4.69) is 31.2 Å². The molecule has 2 aromatic rings. The lowest BCUT2D eigenvalue weighted by molar-refractivity contribution is 0.156. The maximum Gasteiger partial charge on any atom is 0.201 e. The van der Waals surface area contributed by atoms with Crippen molar-refractivity contribution in [3.8, 4) is 5.75 Å². The molecular weight excluding hydrogens is 450 g/mol. The highest BCUT2D eigenvalue weighted by atomic mass is 19.2. The molecule has 0 amide bonds. The predicted octanol–water partition coefficient (Wildman–Crippen LogP) is 9.34. The van der Waals surface area contributed by atoms with Crippen LogP contribution in [0, 0.1) is 29.4 Å². The van der Waals surface area contributed by atoms with Gasteiger partial charge in [0.15, 0.2) is 11.6 Å². The number of fused-ring (bicyclic) bond motifs is 1. The lowest BCUT2D eigenvalue weighted by Gasteiger charge is -2.38. The highest BCUT2D eigenvalue weighted by molar-refractivity contribution is 5.42. The van der Waals surface area contributed by atoms with Crippen LogP contribution in [0.25, 0.3) is 0 Å². The molecule has 0 spiro atoms. The first kappa shape index (κ1) is 25.7. The monoisotopic (exact) mass is 494 g/mol. The molecule has 1 heterocycles. The summed E-state index contributed by atoms with van der Waals surface area (Å²) >= 11 is 0. The Bertz CT molecular complexity index is 997. The molecule has 1 aliphatic heterocycles. The minimum atomic E-state index is -0.811.